The number of nitrogens with one attached hydrogen (secondary N) is 1. The summed E-state index contributed by atoms with van der Waals surface area (Å²) < 4.78 is 32.0. The molecule has 100 valence electrons. The van der Waals surface area contributed by atoms with Crippen LogP contribution in [-0.2, 0) is 21.2 Å². The van der Waals surface area contributed by atoms with Gasteiger partial charge in [-0.05, 0) is 37.0 Å². The number of ether oxygens (including phenoxy) is 1. The van der Waals surface area contributed by atoms with Gasteiger partial charge in [0.25, 0.3) is 0 Å². The first-order valence-corrected chi connectivity index (χ1v) is 7.80. The lowest BCUT2D eigenvalue weighted by Crippen LogP contribution is -2.31. The Kier molecular flexibility index (Phi) is 4.37. The Balaban J connectivity index is 2.00. The Bertz CT molecular complexity index is 475. The van der Waals surface area contributed by atoms with Crippen molar-refractivity contribution < 1.29 is 13.2 Å². The second-order valence-corrected chi connectivity index (χ2v) is 6.25. The molecule has 0 amide bonds. The van der Waals surface area contributed by atoms with Crippen molar-refractivity contribution in [3.8, 4) is 0 Å². The van der Waals surface area contributed by atoms with Gasteiger partial charge in [-0.15, -0.1) is 0 Å². The number of rotatable bonds is 5. The van der Waals surface area contributed by atoms with Crippen LogP contribution in [0.4, 0.5) is 0 Å². The first-order chi connectivity index (χ1) is 8.62. The van der Waals surface area contributed by atoms with Crippen molar-refractivity contribution >= 4 is 10.0 Å². The molecular weight excluding hydrogens is 250 g/mol. The number of hydrogen-bond donors (Lipinski definition) is 1. The average molecular weight is 269 g/mol. The summed E-state index contributed by atoms with van der Waals surface area (Å²) in [6, 6.07) is 6.99. The summed E-state index contributed by atoms with van der Waals surface area (Å²) in [7, 11) is -3.40. The van der Waals surface area contributed by atoms with Gasteiger partial charge in [0.1, 0.15) is 0 Å². The standard InChI is InChI=1S/C13H19NO3S/c1-2-11-5-7-13(8-6-11)18(15,16)14-10-12-4-3-9-17-12/h5-8,12,14H,2-4,9-10H2,1H3. The molecular formula is C13H19NO3S. The van der Waals surface area contributed by atoms with E-state index in [2.05, 4.69) is 4.72 Å². The number of sulfonamides is 1. The fourth-order valence-electron chi connectivity index (χ4n) is 2.00. The Hall–Kier alpha value is -0.910. The predicted octanol–water partition coefficient (Wildman–Crippen LogP) is 1.71. The molecule has 1 unspecified atom stereocenters. The highest BCUT2D eigenvalue weighted by atomic mass is 32.2. The number of hydrogen-bond acceptors (Lipinski definition) is 3. The molecule has 4 nitrogen and oxygen atoms in total. The van der Waals surface area contributed by atoms with E-state index in [0.717, 1.165) is 31.4 Å². The lowest BCUT2D eigenvalue weighted by atomic mass is 10.2. The molecule has 18 heavy (non-hydrogen) atoms. The molecule has 0 spiro atoms. The quantitative estimate of drug-likeness (QED) is 0.885. The van der Waals surface area contributed by atoms with Gasteiger partial charge >= 0.3 is 0 Å². The molecule has 5 heteroatoms. The summed E-state index contributed by atoms with van der Waals surface area (Å²) in [5.41, 5.74) is 1.13. The number of benzene rings is 1. The van der Waals surface area contributed by atoms with Crippen LogP contribution in [0.1, 0.15) is 25.3 Å². The normalized spacial score (nSPS) is 20.2. The van der Waals surface area contributed by atoms with E-state index in [4.69, 9.17) is 4.74 Å². The van der Waals surface area contributed by atoms with E-state index in [1.165, 1.54) is 0 Å². The third-order valence-corrected chi connectivity index (χ3v) is 4.61. The van der Waals surface area contributed by atoms with Gasteiger partial charge in [-0.3, -0.25) is 0 Å². The topological polar surface area (TPSA) is 55.4 Å². The maximum Gasteiger partial charge on any atom is 0.240 e. The van der Waals surface area contributed by atoms with Crippen LogP contribution in [-0.4, -0.2) is 27.7 Å². The van der Waals surface area contributed by atoms with E-state index in [9.17, 15) is 8.42 Å². The minimum absolute atomic E-state index is 0.0229. The van der Waals surface area contributed by atoms with Crippen LogP contribution in [0.5, 0.6) is 0 Å². The lowest BCUT2D eigenvalue weighted by molar-refractivity contribution is 0.114. The molecule has 1 heterocycles. The number of aryl methyl sites for hydroxylation is 1. The summed E-state index contributed by atoms with van der Waals surface area (Å²) in [4.78, 5) is 0.317. The minimum Gasteiger partial charge on any atom is -0.377 e. The fourth-order valence-corrected chi connectivity index (χ4v) is 3.06. The van der Waals surface area contributed by atoms with Gasteiger partial charge in [-0.2, -0.15) is 0 Å². The highest BCUT2D eigenvalue weighted by molar-refractivity contribution is 7.89. The Labute approximate surface area is 108 Å². The molecule has 1 aliphatic rings. The second-order valence-electron chi connectivity index (χ2n) is 4.48. The van der Waals surface area contributed by atoms with E-state index in [1.807, 2.05) is 19.1 Å². The van der Waals surface area contributed by atoms with E-state index in [-0.39, 0.29) is 6.10 Å². The van der Waals surface area contributed by atoms with Crippen LogP contribution in [0.2, 0.25) is 0 Å². The summed E-state index contributed by atoms with van der Waals surface area (Å²) in [5, 5.41) is 0. The SMILES string of the molecule is CCc1ccc(S(=O)(=O)NCC2CCCO2)cc1. The monoisotopic (exact) mass is 269 g/mol. The minimum atomic E-state index is -3.40. The van der Waals surface area contributed by atoms with Crippen molar-refractivity contribution in [3.63, 3.8) is 0 Å². The van der Waals surface area contributed by atoms with Gasteiger partial charge in [-0.1, -0.05) is 19.1 Å². The van der Waals surface area contributed by atoms with E-state index in [0.29, 0.717) is 11.4 Å². The summed E-state index contributed by atoms with van der Waals surface area (Å²) in [6.45, 7) is 3.13. The predicted molar refractivity (Wildman–Crippen MR) is 70.0 cm³/mol. The largest absolute Gasteiger partial charge is 0.377 e. The Morgan fingerprint density at radius 2 is 2.06 bits per heavy atom. The molecule has 1 atom stereocenters. The molecule has 1 aromatic rings. The van der Waals surface area contributed by atoms with E-state index < -0.39 is 10.0 Å². The lowest BCUT2D eigenvalue weighted by Gasteiger charge is -2.11. The summed E-state index contributed by atoms with van der Waals surface area (Å²) >= 11 is 0. The van der Waals surface area contributed by atoms with Gasteiger partial charge in [0.2, 0.25) is 10.0 Å². The smallest absolute Gasteiger partial charge is 0.240 e. The maximum atomic E-state index is 12.0. The molecule has 0 aliphatic carbocycles. The second kappa shape index (κ2) is 5.82. The van der Waals surface area contributed by atoms with Crippen LogP contribution in [0, 0.1) is 0 Å². The molecule has 1 N–H and O–H groups in total. The summed E-state index contributed by atoms with van der Waals surface area (Å²) in [5.74, 6) is 0. The molecule has 0 aromatic heterocycles. The van der Waals surface area contributed by atoms with E-state index in [1.54, 1.807) is 12.1 Å². The van der Waals surface area contributed by atoms with Gasteiger partial charge < -0.3 is 4.74 Å². The molecule has 1 fully saturated rings. The average Bonchev–Trinajstić information content (AvgIpc) is 2.90. The molecule has 0 radical (unpaired) electrons. The van der Waals surface area contributed by atoms with Crippen LogP contribution >= 0.6 is 0 Å². The molecule has 0 bridgehead atoms. The molecule has 0 saturated carbocycles. The van der Waals surface area contributed by atoms with Crippen molar-refractivity contribution in [2.75, 3.05) is 13.2 Å². The summed E-state index contributed by atoms with van der Waals surface area (Å²) in [6.07, 6.45) is 2.87. The van der Waals surface area contributed by atoms with Crippen LogP contribution in [0.25, 0.3) is 0 Å². The van der Waals surface area contributed by atoms with Crippen LogP contribution in [0.15, 0.2) is 29.2 Å². The maximum absolute atomic E-state index is 12.0. The van der Waals surface area contributed by atoms with E-state index >= 15 is 0 Å². The van der Waals surface area contributed by atoms with Gasteiger partial charge in [-0.25, -0.2) is 13.1 Å². The van der Waals surface area contributed by atoms with Gasteiger partial charge in [0, 0.05) is 13.2 Å². The zero-order valence-electron chi connectivity index (χ0n) is 10.6. The van der Waals surface area contributed by atoms with Crippen molar-refractivity contribution in [2.24, 2.45) is 0 Å². The molecule has 1 aromatic carbocycles. The zero-order chi connectivity index (χ0) is 13.0. The van der Waals surface area contributed by atoms with Crippen LogP contribution < -0.4 is 4.72 Å². The molecule has 1 aliphatic heterocycles. The highest BCUT2D eigenvalue weighted by Gasteiger charge is 2.19. The highest BCUT2D eigenvalue weighted by Crippen LogP contribution is 2.14. The van der Waals surface area contributed by atoms with Crippen molar-refractivity contribution in [3.05, 3.63) is 29.8 Å². The third kappa shape index (κ3) is 3.31. The Morgan fingerprint density at radius 3 is 2.61 bits per heavy atom. The van der Waals surface area contributed by atoms with Crippen LogP contribution in [0.3, 0.4) is 0 Å². The van der Waals surface area contributed by atoms with Crippen molar-refractivity contribution in [2.45, 2.75) is 37.2 Å². The first kappa shape index (κ1) is 13.5. The van der Waals surface area contributed by atoms with Gasteiger partial charge in [0.05, 0.1) is 11.0 Å². The fraction of sp³-hybridized carbons (Fsp3) is 0.538. The third-order valence-electron chi connectivity index (χ3n) is 3.17. The Morgan fingerprint density at radius 1 is 1.33 bits per heavy atom. The van der Waals surface area contributed by atoms with Gasteiger partial charge in [0.15, 0.2) is 0 Å². The van der Waals surface area contributed by atoms with Crippen molar-refractivity contribution in [1.29, 1.82) is 0 Å². The first-order valence-electron chi connectivity index (χ1n) is 6.32. The molecule has 1 saturated heterocycles. The van der Waals surface area contributed by atoms with Crippen molar-refractivity contribution in [1.82, 2.24) is 4.72 Å². The zero-order valence-corrected chi connectivity index (χ0v) is 11.4. The molecule has 2 rings (SSSR count).